The van der Waals surface area contributed by atoms with E-state index in [1.165, 1.54) is 18.2 Å². The smallest absolute Gasteiger partial charge is 0.239 e. The predicted molar refractivity (Wildman–Crippen MR) is 132 cm³/mol. The van der Waals surface area contributed by atoms with E-state index < -0.39 is 21.4 Å². The summed E-state index contributed by atoms with van der Waals surface area (Å²) in [7, 11) is -3.92. The van der Waals surface area contributed by atoms with Crippen LogP contribution in [-0.2, 0) is 10.0 Å². The van der Waals surface area contributed by atoms with Gasteiger partial charge >= 0.3 is 0 Å². The molecule has 10 heteroatoms. The van der Waals surface area contributed by atoms with Crippen molar-refractivity contribution in [2.45, 2.75) is 24.3 Å². The molecule has 2 unspecified atom stereocenters. The zero-order valence-corrected chi connectivity index (χ0v) is 20.3. The molecule has 5 nitrogen and oxygen atoms in total. The van der Waals surface area contributed by atoms with E-state index in [1.54, 1.807) is 12.2 Å². The number of sulfonamides is 1. The van der Waals surface area contributed by atoms with Crippen molar-refractivity contribution in [1.82, 2.24) is 9.71 Å². The summed E-state index contributed by atoms with van der Waals surface area (Å²) in [5.41, 5.74) is 0.899. The SMILES string of the molecule is O=S(=O)(NC1C=CC(Cl)=C(Oc2cc3ccccc3[nH]2)C(Cl)=C1)C1=CC=C(Cl)CCC1Cl. The Morgan fingerprint density at radius 2 is 1.91 bits per heavy atom. The molecule has 0 radical (unpaired) electrons. The van der Waals surface area contributed by atoms with Crippen LogP contribution < -0.4 is 9.46 Å². The lowest BCUT2D eigenvalue weighted by Gasteiger charge is -2.17. The number of hydrogen-bond donors (Lipinski definition) is 2. The van der Waals surface area contributed by atoms with E-state index in [4.69, 9.17) is 51.1 Å². The topological polar surface area (TPSA) is 71.2 Å². The number of aromatic amines is 1. The van der Waals surface area contributed by atoms with Gasteiger partial charge in [-0.2, -0.15) is 0 Å². The summed E-state index contributed by atoms with van der Waals surface area (Å²) >= 11 is 25.1. The van der Waals surface area contributed by atoms with Gasteiger partial charge in [0.2, 0.25) is 10.0 Å². The van der Waals surface area contributed by atoms with E-state index in [2.05, 4.69) is 9.71 Å². The molecular formula is C22H18Cl4N2O3S. The number of nitrogens with one attached hydrogen (secondary N) is 2. The first-order chi connectivity index (χ1) is 15.2. The lowest BCUT2D eigenvalue weighted by Crippen LogP contribution is -2.35. The Bertz CT molecular complexity index is 1270. The number of para-hydroxylation sites is 1. The monoisotopic (exact) mass is 530 g/mol. The number of rotatable bonds is 5. The van der Waals surface area contributed by atoms with Gasteiger partial charge in [-0.25, -0.2) is 13.1 Å². The Balaban J connectivity index is 1.56. The number of fused-ring (bicyclic) bond motifs is 1. The third-order valence-electron chi connectivity index (χ3n) is 4.90. The van der Waals surface area contributed by atoms with Crippen LogP contribution in [0.2, 0.25) is 0 Å². The average molecular weight is 532 g/mol. The normalized spacial score (nSPS) is 22.2. The average Bonchev–Trinajstić information content (AvgIpc) is 3.01. The molecule has 168 valence electrons. The van der Waals surface area contributed by atoms with E-state index >= 15 is 0 Å². The Morgan fingerprint density at radius 3 is 2.69 bits per heavy atom. The molecule has 4 rings (SSSR count). The summed E-state index contributed by atoms with van der Waals surface area (Å²) in [6, 6.07) is 8.75. The van der Waals surface area contributed by atoms with Crippen LogP contribution in [0.4, 0.5) is 0 Å². The van der Waals surface area contributed by atoms with Gasteiger partial charge in [0, 0.05) is 22.0 Å². The van der Waals surface area contributed by atoms with E-state index in [-0.39, 0.29) is 20.7 Å². The summed E-state index contributed by atoms with van der Waals surface area (Å²) in [5, 5.41) is 1.21. The quantitative estimate of drug-likeness (QED) is 0.439. The first-order valence-corrected chi connectivity index (χ1v) is 12.7. The fourth-order valence-corrected chi connectivity index (χ4v) is 5.91. The molecule has 1 aromatic carbocycles. The van der Waals surface area contributed by atoms with Crippen molar-refractivity contribution in [3.05, 3.63) is 86.5 Å². The van der Waals surface area contributed by atoms with Crippen LogP contribution in [0, 0.1) is 0 Å². The van der Waals surface area contributed by atoms with Crippen LogP contribution in [0.1, 0.15) is 12.8 Å². The van der Waals surface area contributed by atoms with Crippen molar-refractivity contribution < 1.29 is 13.2 Å². The summed E-state index contributed by atoms with van der Waals surface area (Å²) in [4.78, 5) is 3.18. The second kappa shape index (κ2) is 9.67. The van der Waals surface area contributed by atoms with Crippen molar-refractivity contribution in [3.63, 3.8) is 0 Å². The molecule has 0 aliphatic heterocycles. The largest absolute Gasteiger partial charge is 0.438 e. The third kappa shape index (κ3) is 5.28. The van der Waals surface area contributed by atoms with Gasteiger partial charge in [0.15, 0.2) is 11.6 Å². The molecule has 0 amide bonds. The highest BCUT2D eigenvalue weighted by atomic mass is 35.5. The van der Waals surface area contributed by atoms with Crippen molar-refractivity contribution in [3.8, 4) is 5.88 Å². The van der Waals surface area contributed by atoms with Gasteiger partial charge in [-0.1, -0.05) is 59.1 Å². The highest BCUT2D eigenvalue weighted by Crippen LogP contribution is 2.31. The van der Waals surface area contributed by atoms with Crippen molar-refractivity contribution in [1.29, 1.82) is 0 Å². The van der Waals surface area contributed by atoms with Crippen LogP contribution in [0.3, 0.4) is 0 Å². The van der Waals surface area contributed by atoms with E-state index in [9.17, 15) is 8.42 Å². The van der Waals surface area contributed by atoms with E-state index in [0.717, 1.165) is 10.9 Å². The molecule has 2 aliphatic rings. The molecule has 0 spiro atoms. The Labute approximate surface area is 206 Å². The van der Waals surface area contributed by atoms with Gasteiger partial charge in [0.1, 0.15) is 0 Å². The fourth-order valence-electron chi connectivity index (χ4n) is 3.32. The first-order valence-electron chi connectivity index (χ1n) is 9.67. The van der Waals surface area contributed by atoms with Crippen molar-refractivity contribution in [2.75, 3.05) is 0 Å². The molecule has 2 atom stereocenters. The molecule has 0 fully saturated rings. The van der Waals surface area contributed by atoms with Gasteiger partial charge in [-0.15, -0.1) is 11.6 Å². The maximum Gasteiger partial charge on any atom is 0.239 e. The van der Waals surface area contributed by atoms with Gasteiger partial charge in [-0.05, 0) is 43.2 Å². The summed E-state index contributed by atoms with van der Waals surface area (Å²) < 4.78 is 34.4. The van der Waals surface area contributed by atoms with Crippen LogP contribution in [-0.4, -0.2) is 24.8 Å². The molecule has 32 heavy (non-hydrogen) atoms. The highest BCUT2D eigenvalue weighted by Gasteiger charge is 2.28. The second-order valence-electron chi connectivity index (χ2n) is 7.21. The van der Waals surface area contributed by atoms with Crippen molar-refractivity contribution >= 4 is 67.3 Å². The zero-order chi connectivity index (χ0) is 22.9. The third-order valence-corrected chi connectivity index (χ3v) is 8.02. The van der Waals surface area contributed by atoms with E-state index in [0.29, 0.717) is 23.8 Å². The number of H-pyrrole nitrogens is 1. The lowest BCUT2D eigenvalue weighted by atomic mass is 10.2. The number of benzene rings is 1. The molecule has 0 saturated heterocycles. The van der Waals surface area contributed by atoms with E-state index in [1.807, 2.05) is 30.3 Å². The Hall–Kier alpha value is -1.67. The molecule has 1 aromatic heterocycles. The Morgan fingerprint density at radius 1 is 1.12 bits per heavy atom. The van der Waals surface area contributed by atoms with Crippen LogP contribution in [0.25, 0.3) is 10.9 Å². The van der Waals surface area contributed by atoms with Gasteiger partial charge in [0.05, 0.1) is 26.4 Å². The number of halogens is 4. The van der Waals surface area contributed by atoms with Crippen LogP contribution in [0.15, 0.2) is 86.5 Å². The van der Waals surface area contributed by atoms with Gasteiger partial charge in [-0.3, -0.25) is 0 Å². The number of ether oxygens (including phenoxy) is 1. The van der Waals surface area contributed by atoms with Gasteiger partial charge < -0.3 is 9.72 Å². The molecular weight excluding hydrogens is 514 g/mol. The summed E-state index contributed by atoms with van der Waals surface area (Å²) in [6.45, 7) is 0. The second-order valence-corrected chi connectivity index (χ2v) is 10.8. The molecule has 2 aliphatic carbocycles. The predicted octanol–water partition coefficient (Wildman–Crippen LogP) is 6.39. The standard InChI is InChI=1S/C22H18Cl4N2O3S/c23-14-5-8-16(24)20(10-6-14)32(29,30)28-15-7-9-17(25)22(18(26)12-15)31-21-11-13-3-1-2-4-19(13)27-21/h1-4,6-7,9-12,15-16,27-28H,5,8H2. The highest BCUT2D eigenvalue weighted by molar-refractivity contribution is 7.93. The zero-order valence-electron chi connectivity index (χ0n) is 16.5. The minimum Gasteiger partial charge on any atom is -0.438 e. The lowest BCUT2D eigenvalue weighted by molar-refractivity contribution is 0.426. The minimum atomic E-state index is -3.92. The van der Waals surface area contributed by atoms with Crippen LogP contribution >= 0.6 is 46.4 Å². The molecule has 0 bridgehead atoms. The number of aromatic nitrogens is 1. The number of allylic oxidation sites excluding steroid dienone is 7. The first kappa shape index (κ1) is 23.5. The summed E-state index contributed by atoms with van der Waals surface area (Å²) in [5.74, 6) is 0.659. The molecule has 1 heterocycles. The molecule has 2 N–H and O–H groups in total. The Kier molecular flexibility index (Phi) is 7.10. The maximum absolute atomic E-state index is 13.0. The van der Waals surface area contributed by atoms with Crippen LogP contribution in [0.5, 0.6) is 5.88 Å². The van der Waals surface area contributed by atoms with Gasteiger partial charge in [0.25, 0.3) is 0 Å². The molecule has 2 aromatic rings. The number of hydrogen-bond acceptors (Lipinski definition) is 3. The fraction of sp³-hybridized carbons (Fsp3) is 0.182. The maximum atomic E-state index is 13.0. The summed E-state index contributed by atoms with van der Waals surface area (Å²) in [6.07, 6.45) is 8.52. The number of alkyl halides is 1. The molecule has 0 saturated carbocycles. The minimum absolute atomic E-state index is 0.0468. The van der Waals surface area contributed by atoms with Crippen molar-refractivity contribution in [2.24, 2.45) is 0 Å².